The molecule has 1 atom stereocenters. The van der Waals surface area contributed by atoms with E-state index in [1.807, 2.05) is 80.6 Å². The van der Waals surface area contributed by atoms with Crippen LogP contribution >= 0.6 is 0 Å². The van der Waals surface area contributed by atoms with E-state index in [2.05, 4.69) is 5.32 Å². The number of likely N-dealkylation sites (N-methyl/N-ethyl adjacent to an activating group) is 1. The van der Waals surface area contributed by atoms with Crippen molar-refractivity contribution in [1.29, 1.82) is 0 Å². The summed E-state index contributed by atoms with van der Waals surface area (Å²) >= 11 is 0. The number of rotatable bonds is 11. The van der Waals surface area contributed by atoms with Crippen molar-refractivity contribution in [1.82, 2.24) is 10.2 Å². The van der Waals surface area contributed by atoms with Gasteiger partial charge >= 0.3 is 0 Å². The van der Waals surface area contributed by atoms with E-state index in [1.54, 1.807) is 24.1 Å². The molecular weight excluding hydrogens is 428 g/mol. The minimum absolute atomic E-state index is 0.190. The highest BCUT2D eigenvalue weighted by Gasteiger charge is 2.30. The van der Waals surface area contributed by atoms with E-state index < -0.39 is 6.04 Å². The molecule has 3 aromatic rings. The van der Waals surface area contributed by atoms with E-state index >= 15 is 0 Å². The van der Waals surface area contributed by atoms with Crippen LogP contribution in [0.25, 0.3) is 0 Å². The third-order valence-corrected chi connectivity index (χ3v) is 5.48. The van der Waals surface area contributed by atoms with E-state index in [-0.39, 0.29) is 18.4 Å². The third-order valence-electron chi connectivity index (χ3n) is 5.48. The normalized spacial score (nSPS) is 11.4. The van der Waals surface area contributed by atoms with Gasteiger partial charge in [-0.3, -0.25) is 9.59 Å². The summed E-state index contributed by atoms with van der Waals surface area (Å²) in [6, 6.07) is 24.2. The average Bonchev–Trinajstić information content (AvgIpc) is 2.85. The zero-order chi connectivity index (χ0) is 24.3. The number of hydrogen-bond donors (Lipinski definition) is 1. The van der Waals surface area contributed by atoms with Crippen molar-refractivity contribution in [2.24, 2.45) is 0 Å². The van der Waals surface area contributed by atoms with Crippen molar-refractivity contribution in [2.75, 3.05) is 20.3 Å². The average molecular weight is 461 g/mol. The Kier molecular flexibility index (Phi) is 9.09. The van der Waals surface area contributed by atoms with Gasteiger partial charge in [-0.1, -0.05) is 72.3 Å². The summed E-state index contributed by atoms with van der Waals surface area (Å²) in [5.41, 5.74) is 3.02. The van der Waals surface area contributed by atoms with Crippen LogP contribution in [0.5, 0.6) is 11.5 Å². The number of hydrogen-bond acceptors (Lipinski definition) is 4. The van der Waals surface area contributed by atoms with Crippen LogP contribution in [0.2, 0.25) is 0 Å². The molecule has 0 saturated heterocycles. The number of benzene rings is 3. The molecule has 0 spiro atoms. The van der Waals surface area contributed by atoms with Gasteiger partial charge in [-0.25, -0.2) is 0 Å². The zero-order valence-electron chi connectivity index (χ0n) is 20.0. The van der Waals surface area contributed by atoms with Gasteiger partial charge in [0.2, 0.25) is 5.91 Å². The molecule has 0 aliphatic heterocycles. The maximum absolute atomic E-state index is 13.5. The highest BCUT2D eigenvalue weighted by Crippen LogP contribution is 2.26. The number of methoxy groups -OCH3 is 1. The largest absolute Gasteiger partial charge is 0.493 e. The first-order valence-corrected chi connectivity index (χ1v) is 11.4. The summed E-state index contributed by atoms with van der Waals surface area (Å²) in [7, 11) is 1.55. The lowest BCUT2D eigenvalue weighted by molar-refractivity contribution is -0.142. The molecule has 0 radical (unpaired) electrons. The standard InChI is InChI=1S/C28H32N2O4/c1-4-29-28(32)24(18-22-12-6-5-7-13-22)30(19-23-14-10-11-21(2)17-23)27(31)20-34-26-16-9-8-15-25(26)33-3/h5-17,24H,4,18-20H2,1-3H3,(H,29,32)/t24-/m0/s1. The summed E-state index contributed by atoms with van der Waals surface area (Å²) in [6.07, 6.45) is 0.402. The quantitative estimate of drug-likeness (QED) is 0.467. The third kappa shape index (κ3) is 6.85. The van der Waals surface area contributed by atoms with Gasteiger partial charge in [0, 0.05) is 19.5 Å². The minimum Gasteiger partial charge on any atom is -0.493 e. The van der Waals surface area contributed by atoms with Crippen molar-refractivity contribution < 1.29 is 19.1 Å². The van der Waals surface area contributed by atoms with E-state index in [9.17, 15) is 9.59 Å². The molecule has 0 bridgehead atoms. The van der Waals surface area contributed by atoms with Crippen molar-refractivity contribution in [3.8, 4) is 11.5 Å². The van der Waals surface area contributed by atoms with Crippen molar-refractivity contribution in [2.45, 2.75) is 32.9 Å². The number of aryl methyl sites for hydroxylation is 1. The van der Waals surface area contributed by atoms with Crippen LogP contribution in [0.3, 0.4) is 0 Å². The van der Waals surface area contributed by atoms with Crippen LogP contribution in [0.15, 0.2) is 78.9 Å². The lowest BCUT2D eigenvalue weighted by Crippen LogP contribution is -2.51. The summed E-state index contributed by atoms with van der Waals surface area (Å²) in [5.74, 6) is 0.556. The molecule has 0 saturated carbocycles. The highest BCUT2D eigenvalue weighted by atomic mass is 16.5. The van der Waals surface area contributed by atoms with Crippen LogP contribution in [0.1, 0.15) is 23.6 Å². The fourth-order valence-electron chi connectivity index (χ4n) is 3.81. The second kappa shape index (κ2) is 12.4. The van der Waals surface area contributed by atoms with E-state index in [0.29, 0.717) is 31.0 Å². The minimum atomic E-state index is -0.684. The first kappa shape index (κ1) is 24.8. The van der Waals surface area contributed by atoms with Gasteiger partial charge in [0.1, 0.15) is 6.04 Å². The summed E-state index contributed by atoms with van der Waals surface area (Å²) < 4.78 is 11.2. The predicted molar refractivity (Wildman–Crippen MR) is 133 cm³/mol. The van der Waals surface area contributed by atoms with Crippen molar-refractivity contribution >= 4 is 11.8 Å². The molecule has 2 amide bonds. The molecule has 6 nitrogen and oxygen atoms in total. The van der Waals surface area contributed by atoms with Crippen LogP contribution < -0.4 is 14.8 Å². The van der Waals surface area contributed by atoms with E-state index in [0.717, 1.165) is 16.7 Å². The van der Waals surface area contributed by atoms with E-state index in [1.165, 1.54) is 0 Å². The number of carbonyl (C=O) groups excluding carboxylic acids is 2. The first-order chi connectivity index (χ1) is 16.5. The van der Waals surface area contributed by atoms with Crippen molar-refractivity contribution in [3.63, 3.8) is 0 Å². The van der Waals surface area contributed by atoms with Gasteiger partial charge in [0.05, 0.1) is 7.11 Å². The number of ether oxygens (including phenoxy) is 2. The van der Waals surface area contributed by atoms with Gasteiger partial charge in [0.25, 0.3) is 5.91 Å². The zero-order valence-corrected chi connectivity index (χ0v) is 20.0. The molecule has 34 heavy (non-hydrogen) atoms. The summed E-state index contributed by atoms with van der Waals surface area (Å²) in [4.78, 5) is 28.3. The lowest BCUT2D eigenvalue weighted by Gasteiger charge is -2.31. The van der Waals surface area contributed by atoms with E-state index in [4.69, 9.17) is 9.47 Å². The molecule has 0 aromatic heterocycles. The predicted octanol–water partition coefficient (Wildman–Crippen LogP) is 4.16. The Balaban J connectivity index is 1.90. The Morgan fingerprint density at radius 3 is 2.26 bits per heavy atom. The maximum atomic E-state index is 13.5. The molecule has 0 aliphatic carbocycles. The SMILES string of the molecule is CCNC(=O)[C@H](Cc1ccccc1)N(Cc1cccc(C)c1)C(=O)COc1ccccc1OC. The number of para-hydroxylation sites is 2. The fourth-order valence-corrected chi connectivity index (χ4v) is 3.81. The Bertz CT molecular complexity index is 1080. The van der Waals surface area contributed by atoms with Crippen LogP contribution in [-0.2, 0) is 22.6 Å². The van der Waals surface area contributed by atoms with Crippen molar-refractivity contribution in [3.05, 3.63) is 95.6 Å². The smallest absolute Gasteiger partial charge is 0.261 e. The van der Waals surface area contributed by atoms with Crippen LogP contribution in [0, 0.1) is 6.92 Å². The monoisotopic (exact) mass is 460 g/mol. The summed E-state index contributed by atoms with van der Waals surface area (Å²) in [5, 5.41) is 2.90. The fraction of sp³-hybridized carbons (Fsp3) is 0.286. The van der Waals surface area contributed by atoms with Crippen LogP contribution in [-0.4, -0.2) is 43.0 Å². The number of amides is 2. The summed E-state index contributed by atoms with van der Waals surface area (Å²) in [6.45, 7) is 4.44. The lowest BCUT2D eigenvalue weighted by atomic mass is 10.0. The van der Waals surface area contributed by atoms with Gasteiger partial charge in [-0.2, -0.15) is 0 Å². The Labute approximate surface area is 201 Å². The molecule has 0 aliphatic rings. The van der Waals surface area contributed by atoms with Gasteiger partial charge in [0.15, 0.2) is 18.1 Å². The molecule has 0 unspecified atom stereocenters. The molecule has 178 valence electrons. The second-order valence-electron chi connectivity index (χ2n) is 8.05. The van der Waals surface area contributed by atoms with Gasteiger partial charge in [-0.15, -0.1) is 0 Å². The van der Waals surface area contributed by atoms with Crippen LogP contribution in [0.4, 0.5) is 0 Å². The Morgan fingerprint density at radius 1 is 0.912 bits per heavy atom. The molecule has 1 N–H and O–H groups in total. The molecular formula is C28H32N2O4. The van der Waals surface area contributed by atoms with Gasteiger partial charge < -0.3 is 19.7 Å². The topological polar surface area (TPSA) is 67.9 Å². The molecule has 0 fully saturated rings. The number of carbonyl (C=O) groups is 2. The Morgan fingerprint density at radius 2 is 1.59 bits per heavy atom. The number of nitrogens with one attached hydrogen (secondary N) is 1. The maximum Gasteiger partial charge on any atom is 0.261 e. The second-order valence-corrected chi connectivity index (χ2v) is 8.05. The molecule has 3 rings (SSSR count). The number of nitrogens with zero attached hydrogens (tertiary/aromatic N) is 1. The molecule has 3 aromatic carbocycles. The molecule has 0 heterocycles. The first-order valence-electron chi connectivity index (χ1n) is 11.4. The molecule has 6 heteroatoms. The highest BCUT2D eigenvalue weighted by molar-refractivity contribution is 5.88. The Hall–Kier alpha value is -3.80. The van der Waals surface area contributed by atoms with Gasteiger partial charge in [-0.05, 0) is 37.1 Å².